The molecule has 4 aromatic carbocycles. The van der Waals surface area contributed by atoms with E-state index in [2.05, 4.69) is 74.5 Å². The number of benzene rings is 4. The van der Waals surface area contributed by atoms with Gasteiger partial charge >= 0.3 is 11.7 Å². The first kappa shape index (κ1) is 54.6. The van der Waals surface area contributed by atoms with Gasteiger partial charge in [0.15, 0.2) is 0 Å². The molecule has 0 spiro atoms. The molecule has 1 amide bonds. The van der Waals surface area contributed by atoms with E-state index in [1.165, 1.54) is 34.9 Å². The lowest BCUT2D eigenvalue weighted by atomic mass is 9.91. The Morgan fingerprint density at radius 1 is 0.757 bits per heavy atom. The molecule has 6 aromatic rings. The predicted molar refractivity (Wildman–Crippen MR) is 285 cm³/mol. The third kappa shape index (κ3) is 14.1. The molecule has 2 fully saturated rings. The van der Waals surface area contributed by atoms with Gasteiger partial charge in [-0.25, -0.2) is 29.1 Å². The number of nitro groups is 1. The van der Waals surface area contributed by atoms with Gasteiger partial charge in [-0.05, 0) is 117 Å². The molecular weight excluding hydrogens is 1020 g/mol. The van der Waals surface area contributed by atoms with Crippen molar-refractivity contribution < 1.29 is 34.2 Å². The minimum absolute atomic E-state index is 0. The van der Waals surface area contributed by atoms with E-state index in [-0.39, 0.29) is 53.3 Å². The summed E-state index contributed by atoms with van der Waals surface area (Å²) in [6.07, 6.45) is 17.2. The second-order valence-electron chi connectivity index (χ2n) is 17.6. The van der Waals surface area contributed by atoms with Gasteiger partial charge < -0.3 is 32.5 Å². The van der Waals surface area contributed by atoms with Crippen LogP contribution in [0.25, 0.3) is 11.1 Å². The highest BCUT2D eigenvalue weighted by Crippen LogP contribution is 2.37. The smallest absolute Gasteiger partial charge is 0.335 e. The van der Waals surface area contributed by atoms with E-state index in [1.807, 2.05) is 12.1 Å². The summed E-state index contributed by atoms with van der Waals surface area (Å²) in [5, 5.41) is 29.5. The first-order valence-corrected chi connectivity index (χ1v) is 24.2. The predicted octanol–water partition coefficient (Wildman–Crippen LogP) is 11.2. The Bertz CT molecular complexity index is 3080. The number of nitrogens with two attached hydrogens (primary N) is 2. The van der Waals surface area contributed by atoms with Crippen molar-refractivity contribution >= 4 is 81.9 Å². The summed E-state index contributed by atoms with van der Waals surface area (Å²) in [6.45, 7) is 0. The van der Waals surface area contributed by atoms with Crippen LogP contribution in [-0.4, -0.2) is 73.2 Å². The topological polar surface area (TPSA) is 237 Å². The van der Waals surface area contributed by atoms with Crippen LogP contribution in [0.2, 0.25) is 10.0 Å². The summed E-state index contributed by atoms with van der Waals surface area (Å²) < 4.78 is 42.0. The van der Waals surface area contributed by atoms with Crippen LogP contribution in [0.5, 0.6) is 0 Å². The van der Waals surface area contributed by atoms with Crippen LogP contribution >= 0.6 is 35.6 Å². The third-order valence-electron chi connectivity index (χ3n) is 12.7. The van der Waals surface area contributed by atoms with Crippen molar-refractivity contribution in [2.75, 3.05) is 23.5 Å². The number of nitro benzene ring substituents is 1. The van der Waals surface area contributed by atoms with Crippen LogP contribution in [-0.2, 0) is 12.8 Å². The fourth-order valence-corrected chi connectivity index (χ4v) is 9.55. The second kappa shape index (κ2) is 26.2. The standard InChI is InChI=1S/C26H25ClFN5O.C19H21ClN4.C7H4FNO4.CH3F.ClH/c27-21-14-30-26(33-24(21)20-10-8-15-4-1-2-7-19(15)20)32-18-6-3-5-17(13-18)31-25(34)16-9-11-23(29)22(28)12-16;20-17-11-22-19(23-14-6-3-5-13(21)10-14)24-18(17)16-9-8-12-4-1-2-7-15(12)16;8-5-3-4(7(10)11)1-2-6(5)9(12)13;1-2;/h1-2,4,7,9-12,14,17-18H,3,5-6,8,13,29H2,(H,31,34)(H,30,32,33);1-2,4,7,9,11,13-14H,3,5-6,8,10,21H2,(H,22,23,24);1-3H,(H,10,11);1H3;1H/t17-,18+;13-,14+;;;/m00.../s1/i;;;1D;. The van der Waals surface area contributed by atoms with Crippen molar-refractivity contribution in [3.8, 4) is 0 Å². The molecule has 0 saturated heterocycles. The van der Waals surface area contributed by atoms with Crippen LogP contribution in [0.15, 0.2) is 109 Å². The molecule has 4 aliphatic carbocycles. The van der Waals surface area contributed by atoms with Crippen molar-refractivity contribution in [1.29, 1.82) is 0 Å². The van der Waals surface area contributed by atoms with Crippen molar-refractivity contribution in [3.05, 3.63) is 186 Å². The van der Waals surface area contributed by atoms with Gasteiger partial charge in [0.25, 0.3) is 5.91 Å². The highest BCUT2D eigenvalue weighted by atomic mass is 35.5. The van der Waals surface area contributed by atoms with E-state index in [0.29, 0.717) is 34.1 Å². The number of halogens is 6. The molecule has 2 aromatic heterocycles. The zero-order chi connectivity index (χ0) is 52.9. The first-order chi connectivity index (χ1) is 35.6. The number of aromatic carboxylic acids is 1. The average molecular weight is 1080 g/mol. The van der Waals surface area contributed by atoms with Crippen LogP contribution in [0.3, 0.4) is 0 Å². The van der Waals surface area contributed by atoms with Crippen molar-refractivity contribution in [3.63, 3.8) is 0 Å². The van der Waals surface area contributed by atoms with Crippen molar-refractivity contribution in [2.24, 2.45) is 5.73 Å². The molecule has 0 aliphatic heterocycles. The number of aromatic nitrogens is 4. The molecule has 74 heavy (non-hydrogen) atoms. The zero-order valence-electron chi connectivity index (χ0n) is 40.7. The number of nitrogens with zero attached hydrogens (tertiary/aromatic N) is 5. The molecule has 4 aliphatic rings. The maximum absolute atomic E-state index is 13.7. The van der Waals surface area contributed by atoms with Crippen LogP contribution in [0, 0.1) is 21.7 Å². The zero-order valence-corrected chi connectivity index (χ0v) is 42.1. The molecule has 388 valence electrons. The lowest BCUT2D eigenvalue weighted by Gasteiger charge is -2.30. The number of carbonyl (C=O) groups excluding carboxylic acids is 1. The highest BCUT2D eigenvalue weighted by molar-refractivity contribution is 6.32. The monoisotopic (exact) mass is 1070 g/mol. The van der Waals surface area contributed by atoms with Crippen LogP contribution in [0.4, 0.5) is 36.4 Å². The van der Waals surface area contributed by atoms with E-state index in [4.69, 9.17) is 51.1 Å². The Hall–Kier alpha value is -7.12. The summed E-state index contributed by atoms with van der Waals surface area (Å²) in [5.41, 5.74) is 19.4. The van der Waals surface area contributed by atoms with Gasteiger partial charge in [0.1, 0.15) is 5.82 Å². The number of nitrogen functional groups attached to an aromatic ring is 1. The number of allylic oxidation sites excluding steroid dienone is 2. The van der Waals surface area contributed by atoms with Gasteiger partial charge in [0.2, 0.25) is 17.7 Å². The summed E-state index contributed by atoms with van der Waals surface area (Å²) in [7, 11) is -1.00. The Morgan fingerprint density at radius 3 is 1.77 bits per heavy atom. The normalized spacial score (nSPS) is 18.2. The second-order valence-corrected chi connectivity index (χ2v) is 18.5. The summed E-state index contributed by atoms with van der Waals surface area (Å²) in [5.74, 6) is -2.22. The number of hydrogen-bond acceptors (Lipinski definition) is 12. The van der Waals surface area contributed by atoms with Gasteiger partial charge in [-0.3, -0.25) is 19.3 Å². The molecule has 2 saturated carbocycles. The molecule has 0 bridgehead atoms. The molecule has 21 heteroatoms. The molecular formula is C53H54Cl3F3N10O5. The fourth-order valence-electron chi connectivity index (χ4n) is 9.17. The molecule has 0 unspecified atom stereocenters. The van der Waals surface area contributed by atoms with Crippen molar-refractivity contribution in [1.82, 2.24) is 25.3 Å². The number of carbonyl (C=O) groups is 2. The van der Waals surface area contributed by atoms with Gasteiger partial charge in [-0.1, -0.05) is 83.9 Å². The van der Waals surface area contributed by atoms with Gasteiger partial charge in [0.05, 0.1) is 58.5 Å². The maximum Gasteiger partial charge on any atom is 0.335 e. The van der Waals surface area contributed by atoms with Gasteiger partial charge in [0, 0.05) is 46.9 Å². The van der Waals surface area contributed by atoms with E-state index in [0.717, 1.165) is 104 Å². The number of amides is 1. The molecule has 2 heterocycles. The number of anilines is 3. The Balaban J connectivity index is 0.000000194. The lowest BCUT2D eigenvalue weighted by molar-refractivity contribution is -0.387. The van der Waals surface area contributed by atoms with E-state index in [9.17, 15) is 32.9 Å². The van der Waals surface area contributed by atoms with Crippen LogP contribution in [0.1, 0.15) is 107 Å². The molecule has 15 nitrogen and oxygen atoms in total. The minimum Gasteiger partial charge on any atom is -0.478 e. The Kier molecular flexibility index (Phi) is 19.3. The van der Waals surface area contributed by atoms with Gasteiger partial charge in [-0.15, -0.1) is 12.4 Å². The van der Waals surface area contributed by atoms with Crippen LogP contribution < -0.4 is 27.4 Å². The Morgan fingerprint density at radius 2 is 1.26 bits per heavy atom. The van der Waals surface area contributed by atoms with E-state index < -0.39 is 35.4 Å². The number of alkyl halides is 1. The molecule has 10 rings (SSSR count). The van der Waals surface area contributed by atoms with E-state index >= 15 is 0 Å². The van der Waals surface area contributed by atoms with Crippen molar-refractivity contribution in [2.45, 2.75) is 88.4 Å². The first-order valence-electron chi connectivity index (χ1n) is 24.1. The highest BCUT2D eigenvalue weighted by Gasteiger charge is 2.27. The molecule has 0 radical (unpaired) electrons. The third-order valence-corrected chi connectivity index (χ3v) is 13.3. The summed E-state index contributed by atoms with van der Waals surface area (Å²) in [4.78, 5) is 50.3. The number of hydrogen-bond donors (Lipinski definition) is 6. The number of carboxylic acid groups (broad SMARTS) is 1. The summed E-state index contributed by atoms with van der Waals surface area (Å²) in [6, 6.07) is 23.8. The lowest BCUT2D eigenvalue weighted by Crippen LogP contribution is -2.42. The summed E-state index contributed by atoms with van der Waals surface area (Å²) >= 11 is 12.9. The molecule has 4 atom stereocenters. The number of carboxylic acids is 1. The molecule has 8 N–H and O–H groups in total. The Labute approximate surface area is 443 Å². The number of rotatable bonds is 10. The average Bonchev–Trinajstić information content (AvgIpc) is 4.02. The van der Waals surface area contributed by atoms with E-state index in [1.54, 1.807) is 12.4 Å². The maximum atomic E-state index is 13.7. The SMILES string of the molecule is Cl.N[C@H]1CCC[C@@H](Nc2ncc(Cl)c(C3=CCc4ccccc43)n2)C1.Nc1ccc(C(=O)N[C@H]2CCC[C@@H](Nc3ncc(Cl)c(C4=CCc5ccccc54)n3)C2)cc1F.O=C(O)c1ccc([N+](=O)[O-])c(F)c1.[2H]CF. The quantitative estimate of drug-likeness (QED) is 0.0426. The largest absolute Gasteiger partial charge is 0.478 e. The number of nitrogens with one attached hydrogen (secondary N) is 3. The number of fused-ring (bicyclic) bond motifs is 2. The fraction of sp³-hybridized carbons (Fsp3) is 0.283. The van der Waals surface area contributed by atoms with Gasteiger partial charge in [-0.2, -0.15) is 4.39 Å². The minimum atomic E-state index is -1.33.